The fourth-order valence-electron chi connectivity index (χ4n) is 1.49. The highest BCUT2D eigenvalue weighted by molar-refractivity contribution is 6.03. The van der Waals surface area contributed by atoms with Gasteiger partial charge in [-0.3, -0.25) is 4.79 Å². The lowest BCUT2D eigenvalue weighted by atomic mass is 10.2. The number of fused-ring (bicyclic) bond motifs is 1. The Balaban J connectivity index is 2.70. The summed E-state index contributed by atoms with van der Waals surface area (Å²) in [7, 11) is 0. The van der Waals surface area contributed by atoms with E-state index in [1.165, 1.54) is 0 Å². The number of carbonyl (C=O) groups is 2. The molecule has 0 aliphatic rings. The molecule has 100 valence electrons. The van der Waals surface area contributed by atoms with Gasteiger partial charge < -0.3 is 14.3 Å². The van der Waals surface area contributed by atoms with Crippen LogP contribution in [-0.4, -0.2) is 28.5 Å². The molecule has 0 saturated heterocycles. The first-order chi connectivity index (χ1) is 8.90. The van der Waals surface area contributed by atoms with Crippen LogP contribution >= 0.6 is 0 Å². The second-order valence-corrected chi connectivity index (χ2v) is 3.55. The molecule has 2 rings (SSSR count). The average Bonchev–Trinajstić information content (AvgIpc) is 2.73. The van der Waals surface area contributed by atoms with Crippen LogP contribution in [0, 0.1) is 0 Å². The molecule has 0 radical (unpaired) electrons. The molecule has 1 heterocycles. The summed E-state index contributed by atoms with van der Waals surface area (Å²) in [6, 6.07) is 2.07. The van der Waals surface area contributed by atoms with Gasteiger partial charge in [-0.05, 0) is 12.1 Å². The van der Waals surface area contributed by atoms with Crippen molar-refractivity contribution < 1.29 is 32.6 Å². The van der Waals surface area contributed by atoms with Crippen molar-refractivity contribution in [1.82, 2.24) is 4.98 Å². The molecule has 1 aromatic carbocycles. The fraction of sp³-hybridized carbons (Fsp3) is 0.182. The lowest BCUT2D eigenvalue weighted by Gasteiger charge is -2.04. The SMILES string of the molecule is CC(=O)c1nc2c(OC(F)F)ccc(C(=O)O)c2o1. The van der Waals surface area contributed by atoms with Crippen LogP contribution in [0.5, 0.6) is 5.75 Å². The standard InChI is InChI=1S/C11H7F2NO5/c1-4(15)9-14-7-6(18-11(12)13)3-2-5(10(16)17)8(7)19-9/h2-3,11H,1H3,(H,16,17). The van der Waals surface area contributed by atoms with Crippen molar-refractivity contribution in [1.29, 1.82) is 0 Å². The Bertz CT molecular complexity index is 664. The van der Waals surface area contributed by atoms with E-state index in [0.717, 1.165) is 19.1 Å². The van der Waals surface area contributed by atoms with Crippen molar-refractivity contribution >= 4 is 22.9 Å². The number of halogens is 2. The number of hydrogen-bond acceptors (Lipinski definition) is 5. The maximum Gasteiger partial charge on any atom is 0.387 e. The van der Waals surface area contributed by atoms with Crippen molar-refractivity contribution in [3.05, 3.63) is 23.6 Å². The maximum atomic E-state index is 12.2. The molecule has 1 aromatic heterocycles. The number of ether oxygens (including phenoxy) is 1. The monoisotopic (exact) mass is 271 g/mol. The number of nitrogens with zero attached hydrogens (tertiary/aromatic N) is 1. The van der Waals surface area contributed by atoms with Crippen LogP contribution in [0.15, 0.2) is 16.5 Å². The minimum Gasteiger partial charge on any atom is -0.478 e. The summed E-state index contributed by atoms with van der Waals surface area (Å²) >= 11 is 0. The van der Waals surface area contributed by atoms with Gasteiger partial charge in [0, 0.05) is 6.92 Å². The molecule has 0 fully saturated rings. The number of rotatable bonds is 4. The summed E-state index contributed by atoms with van der Waals surface area (Å²) in [5.41, 5.74) is -0.808. The maximum absolute atomic E-state index is 12.2. The van der Waals surface area contributed by atoms with Gasteiger partial charge in [0.25, 0.3) is 5.89 Å². The van der Waals surface area contributed by atoms with E-state index in [1.807, 2.05) is 0 Å². The third-order valence-corrected chi connectivity index (χ3v) is 2.25. The molecular formula is C11H7F2NO5. The molecule has 8 heteroatoms. The number of alkyl halides is 2. The Morgan fingerprint density at radius 1 is 1.42 bits per heavy atom. The molecule has 1 N–H and O–H groups in total. The molecule has 0 unspecified atom stereocenters. The second-order valence-electron chi connectivity index (χ2n) is 3.55. The first-order valence-electron chi connectivity index (χ1n) is 5.02. The Kier molecular flexibility index (Phi) is 3.16. The van der Waals surface area contributed by atoms with Crippen molar-refractivity contribution in [2.75, 3.05) is 0 Å². The summed E-state index contributed by atoms with van der Waals surface area (Å²) in [4.78, 5) is 25.8. The number of carbonyl (C=O) groups excluding carboxylic acids is 1. The number of carboxylic acid groups (broad SMARTS) is 1. The van der Waals surface area contributed by atoms with Gasteiger partial charge in [-0.15, -0.1) is 0 Å². The van der Waals surface area contributed by atoms with Crippen molar-refractivity contribution in [3.63, 3.8) is 0 Å². The van der Waals surface area contributed by atoms with Gasteiger partial charge in [-0.25, -0.2) is 9.78 Å². The van der Waals surface area contributed by atoms with Gasteiger partial charge in [0.15, 0.2) is 16.8 Å². The molecule has 0 atom stereocenters. The topological polar surface area (TPSA) is 89.6 Å². The predicted molar refractivity (Wildman–Crippen MR) is 57.6 cm³/mol. The van der Waals surface area contributed by atoms with Gasteiger partial charge >= 0.3 is 12.6 Å². The van der Waals surface area contributed by atoms with E-state index < -0.39 is 18.4 Å². The van der Waals surface area contributed by atoms with Crippen molar-refractivity contribution in [2.45, 2.75) is 13.5 Å². The summed E-state index contributed by atoms with van der Waals surface area (Å²) < 4.78 is 33.6. The molecule has 0 aliphatic heterocycles. The zero-order valence-electron chi connectivity index (χ0n) is 9.52. The van der Waals surface area contributed by atoms with Gasteiger partial charge in [0.1, 0.15) is 5.56 Å². The number of ketones is 1. The molecular weight excluding hydrogens is 264 g/mol. The van der Waals surface area contributed by atoms with Gasteiger partial charge in [-0.1, -0.05) is 0 Å². The van der Waals surface area contributed by atoms with E-state index in [4.69, 9.17) is 9.52 Å². The zero-order valence-corrected chi connectivity index (χ0v) is 9.52. The zero-order chi connectivity index (χ0) is 14.2. The Labute approximate surface area is 104 Å². The number of carboxylic acids is 1. The van der Waals surface area contributed by atoms with Crippen LogP contribution in [0.1, 0.15) is 28.0 Å². The number of aromatic nitrogens is 1. The molecule has 6 nitrogen and oxygen atoms in total. The van der Waals surface area contributed by atoms with Crippen LogP contribution in [0.4, 0.5) is 8.78 Å². The largest absolute Gasteiger partial charge is 0.478 e. The van der Waals surface area contributed by atoms with Crippen LogP contribution in [0.2, 0.25) is 0 Å². The van der Waals surface area contributed by atoms with Crippen molar-refractivity contribution in [3.8, 4) is 5.75 Å². The van der Waals surface area contributed by atoms with E-state index in [0.29, 0.717) is 0 Å². The molecule has 0 saturated carbocycles. The molecule has 0 spiro atoms. The lowest BCUT2D eigenvalue weighted by Crippen LogP contribution is -2.04. The van der Waals surface area contributed by atoms with Gasteiger partial charge in [0.05, 0.1) is 0 Å². The van der Waals surface area contributed by atoms with Crippen LogP contribution in [-0.2, 0) is 0 Å². The second kappa shape index (κ2) is 4.63. The van der Waals surface area contributed by atoms with E-state index >= 15 is 0 Å². The van der Waals surface area contributed by atoms with Gasteiger partial charge in [-0.2, -0.15) is 8.78 Å². The molecule has 0 bridgehead atoms. The number of Topliss-reactive ketones (excluding diaryl/α,β-unsaturated/α-hetero) is 1. The summed E-state index contributed by atoms with van der Waals surface area (Å²) in [5, 5.41) is 8.94. The highest BCUT2D eigenvalue weighted by Crippen LogP contribution is 2.30. The summed E-state index contributed by atoms with van der Waals surface area (Å²) in [5.74, 6) is -2.62. The Hall–Kier alpha value is -2.51. The molecule has 0 amide bonds. The number of oxazole rings is 1. The van der Waals surface area contributed by atoms with Crippen LogP contribution in [0.3, 0.4) is 0 Å². The average molecular weight is 271 g/mol. The Morgan fingerprint density at radius 3 is 2.63 bits per heavy atom. The third kappa shape index (κ3) is 2.37. The first kappa shape index (κ1) is 12.9. The number of hydrogen-bond donors (Lipinski definition) is 1. The lowest BCUT2D eigenvalue weighted by molar-refractivity contribution is -0.0489. The van der Waals surface area contributed by atoms with Crippen molar-refractivity contribution in [2.24, 2.45) is 0 Å². The van der Waals surface area contributed by atoms with E-state index in [-0.39, 0.29) is 28.3 Å². The van der Waals surface area contributed by atoms with Crippen LogP contribution in [0.25, 0.3) is 11.1 Å². The smallest absolute Gasteiger partial charge is 0.387 e. The minimum absolute atomic E-state index is 0.231. The molecule has 19 heavy (non-hydrogen) atoms. The Morgan fingerprint density at radius 2 is 2.11 bits per heavy atom. The number of benzene rings is 1. The quantitative estimate of drug-likeness (QED) is 0.858. The van der Waals surface area contributed by atoms with E-state index in [2.05, 4.69) is 9.72 Å². The molecule has 2 aromatic rings. The normalized spacial score (nSPS) is 10.9. The minimum atomic E-state index is -3.10. The summed E-state index contributed by atoms with van der Waals surface area (Å²) in [6.45, 7) is -1.95. The third-order valence-electron chi connectivity index (χ3n) is 2.25. The highest BCUT2D eigenvalue weighted by atomic mass is 19.3. The van der Waals surface area contributed by atoms with E-state index in [1.54, 1.807) is 0 Å². The van der Waals surface area contributed by atoms with Crippen LogP contribution < -0.4 is 4.74 Å². The predicted octanol–water partition coefficient (Wildman–Crippen LogP) is 2.33. The van der Waals surface area contributed by atoms with Gasteiger partial charge in [0.2, 0.25) is 5.78 Å². The molecule has 0 aliphatic carbocycles. The fourth-order valence-corrected chi connectivity index (χ4v) is 1.49. The first-order valence-corrected chi connectivity index (χ1v) is 5.02. The van der Waals surface area contributed by atoms with E-state index in [9.17, 15) is 18.4 Å². The number of aromatic carboxylic acids is 1. The highest BCUT2D eigenvalue weighted by Gasteiger charge is 2.21. The summed E-state index contributed by atoms with van der Waals surface area (Å²) in [6.07, 6.45) is 0.